The number of nitrogens with two attached hydrogens (primary N) is 1. The Morgan fingerprint density at radius 2 is 2.29 bits per heavy atom. The molecule has 14 heavy (non-hydrogen) atoms. The molecule has 0 aliphatic carbocycles. The molecule has 6 heteroatoms. The van der Waals surface area contributed by atoms with E-state index in [9.17, 15) is 0 Å². The summed E-state index contributed by atoms with van der Waals surface area (Å²) < 4.78 is 4.96. The Labute approximate surface area is 84.6 Å². The van der Waals surface area contributed by atoms with Crippen molar-refractivity contribution in [3.63, 3.8) is 0 Å². The van der Waals surface area contributed by atoms with Crippen LogP contribution < -0.4 is 10.5 Å². The van der Waals surface area contributed by atoms with E-state index in [1.165, 1.54) is 11.3 Å². The molecule has 2 rings (SSSR count). The number of methoxy groups -OCH3 is 1. The van der Waals surface area contributed by atoms with Gasteiger partial charge in [0.2, 0.25) is 5.88 Å². The molecule has 0 aromatic carbocycles. The molecule has 0 aliphatic heterocycles. The Hall–Kier alpha value is -1.69. The van der Waals surface area contributed by atoms with Gasteiger partial charge in [-0.1, -0.05) is 0 Å². The highest BCUT2D eigenvalue weighted by Crippen LogP contribution is 2.27. The van der Waals surface area contributed by atoms with Gasteiger partial charge < -0.3 is 10.5 Å². The van der Waals surface area contributed by atoms with Crippen LogP contribution in [0.15, 0.2) is 17.9 Å². The van der Waals surface area contributed by atoms with Gasteiger partial charge in [-0.2, -0.15) is 0 Å². The summed E-state index contributed by atoms with van der Waals surface area (Å²) in [7, 11) is 1.55. The van der Waals surface area contributed by atoms with Crippen LogP contribution in [-0.4, -0.2) is 22.1 Å². The van der Waals surface area contributed by atoms with Crippen LogP contribution in [-0.2, 0) is 0 Å². The van der Waals surface area contributed by atoms with Crippen molar-refractivity contribution in [2.24, 2.45) is 0 Å². The maximum atomic E-state index is 5.65. The molecule has 0 amide bonds. The monoisotopic (exact) mass is 208 g/mol. The molecule has 72 valence electrons. The molecule has 0 radical (unpaired) electrons. The summed E-state index contributed by atoms with van der Waals surface area (Å²) in [6.07, 6.45) is 3.17. The Morgan fingerprint density at radius 1 is 1.43 bits per heavy atom. The molecule has 2 N–H and O–H groups in total. The molecule has 0 unspecified atom stereocenters. The van der Waals surface area contributed by atoms with Crippen LogP contribution in [0.25, 0.3) is 10.6 Å². The second kappa shape index (κ2) is 3.59. The lowest BCUT2D eigenvalue weighted by molar-refractivity contribution is 0.396. The van der Waals surface area contributed by atoms with Crippen LogP contribution in [0, 0.1) is 0 Å². The summed E-state index contributed by atoms with van der Waals surface area (Å²) in [5.41, 5.74) is 8.01. The smallest absolute Gasteiger partial charge is 0.232 e. The highest BCUT2D eigenvalue weighted by Gasteiger charge is 2.08. The highest BCUT2D eigenvalue weighted by molar-refractivity contribution is 7.13. The van der Waals surface area contributed by atoms with Gasteiger partial charge in [-0.05, 0) is 0 Å². The van der Waals surface area contributed by atoms with Crippen molar-refractivity contribution in [2.75, 3.05) is 12.8 Å². The molecule has 0 fully saturated rings. The van der Waals surface area contributed by atoms with Gasteiger partial charge in [-0.25, -0.2) is 9.97 Å². The number of nitrogens with zero attached hydrogens (tertiary/aromatic N) is 3. The van der Waals surface area contributed by atoms with Crippen molar-refractivity contribution in [3.05, 3.63) is 17.9 Å². The van der Waals surface area contributed by atoms with E-state index in [2.05, 4.69) is 15.0 Å². The Bertz CT molecular complexity index is 442. The quantitative estimate of drug-likeness (QED) is 0.802. The van der Waals surface area contributed by atoms with Gasteiger partial charge >= 0.3 is 0 Å². The van der Waals surface area contributed by atoms with Gasteiger partial charge in [0.05, 0.1) is 29.9 Å². The highest BCUT2D eigenvalue weighted by atomic mass is 32.1. The van der Waals surface area contributed by atoms with Gasteiger partial charge in [0.25, 0.3) is 0 Å². The largest absolute Gasteiger partial charge is 0.480 e. The number of ether oxygens (including phenoxy) is 1. The summed E-state index contributed by atoms with van der Waals surface area (Å²) in [6.45, 7) is 0. The zero-order valence-corrected chi connectivity index (χ0v) is 8.28. The molecule has 0 saturated heterocycles. The van der Waals surface area contributed by atoms with Gasteiger partial charge in [0, 0.05) is 0 Å². The number of anilines is 1. The number of hydrogen-bond acceptors (Lipinski definition) is 6. The van der Waals surface area contributed by atoms with E-state index in [1.54, 1.807) is 25.0 Å². The molecular formula is C8H8N4OS. The number of nitrogen functional groups attached to an aromatic ring is 1. The number of aromatic nitrogens is 3. The second-order valence-electron chi connectivity index (χ2n) is 2.51. The minimum atomic E-state index is 0.468. The maximum absolute atomic E-state index is 5.65. The Kier molecular flexibility index (Phi) is 2.28. The molecule has 0 spiro atoms. The number of thiazole rings is 1. The Morgan fingerprint density at radius 3 is 2.93 bits per heavy atom. The van der Waals surface area contributed by atoms with Crippen LogP contribution in [0.4, 0.5) is 5.82 Å². The molecule has 0 aliphatic rings. The summed E-state index contributed by atoms with van der Waals surface area (Å²) in [4.78, 5) is 12.9. The molecular weight excluding hydrogens is 200 g/mol. The van der Waals surface area contributed by atoms with Crippen LogP contribution in [0.2, 0.25) is 0 Å². The molecule has 5 nitrogen and oxygen atoms in total. The maximum Gasteiger partial charge on any atom is 0.232 e. The predicted molar refractivity (Wildman–Crippen MR) is 54.1 cm³/mol. The first-order valence-corrected chi connectivity index (χ1v) is 4.74. The third-order valence-corrected chi connectivity index (χ3v) is 2.51. The molecule has 2 heterocycles. The van der Waals surface area contributed by atoms with Gasteiger partial charge in [0.1, 0.15) is 11.5 Å². The van der Waals surface area contributed by atoms with Crippen molar-refractivity contribution in [2.45, 2.75) is 0 Å². The van der Waals surface area contributed by atoms with E-state index in [0.29, 0.717) is 17.4 Å². The van der Waals surface area contributed by atoms with Crippen LogP contribution >= 0.6 is 11.3 Å². The zero-order valence-electron chi connectivity index (χ0n) is 7.47. The lowest BCUT2D eigenvalue weighted by Crippen LogP contribution is -1.93. The van der Waals surface area contributed by atoms with Gasteiger partial charge in [-0.3, -0.25) is 4.98 Å². The fraction of sp³-hybridized carbons (Fsp3) is 0.125. The van der Waals surface area contributed by atoms with E-state index in [1.807, 2.05) is 0 Å². The zero-order chi connectivity index (χ0) is 9.97. The number of rotatable bonds is 2. The van der Waals surface area contributed by atoms with Crippen molar-refractivity contribution in [1.82, 2.24) is 15.0 Å². The summed E-state index contributed by atoms with van der Waals surface area (Å²) >= 11 is 1.43. The minimum absolute atomic E-state index is 0.468. The SMILES string of the molecule is COc1cncc(-c2scnc2N)n1. The van der Waals surface area contributed by atoms with Crippen molar-refractivity contribution < 1.29 is 4.74 Å². The average Bonchev–Trinajstić information content (AvgIpc) is 2.65. The molecule has 2 aromatic rings. The lowest BCUT2D eigenvalue weighted by atomic mass is 10.4. The third kappa shape index (κ3) is 1.51. The van der Waals surface area contributed by atoms with Crippen molar-refractivity contribution >= 4 is 17.2 Å². The minimum Gasteiger partial charge on any atom is -0.480 e. The van der Waals surface area contributed by atoms with E-state index < -0.39 is 0 Å². The molecule has 0 saturated carbocycles. The topological polar surface area (TPSA) is 73.9 Å². The van der Waals surface area contributed by atoms with Crippen molar-refractivity contribution in [3.8, 4) is 16.5 Å². The first-order valence-electron chi connectivity index (χ1n) is 3.86. The lowest BCUT2D eigenvalue weighted by Gasteiger charge is -2.00. The standard InChI is InChI=1S/C8H8N4OS/c1-13-6-3-10-2-5(12-6)7-8(9)11-4-14-7/h2-4H,9H2,1H3. The average molecular weight is 208 g/mol. The summed E-state index contributed by atoms with van der Waals surface area (Å²) in [5.74, 6) is 0.938. The molecule has 2 aromatic heterocycles. The molecule has 0 bridgehead atoms. The van der Waals surface area contributed by atoms with Crippen molar-refractivity contribution in [1.29, 1.82) is 0 Å². The molecule has 0 atom stereocenters. The fourth-order valence-corrected chi connectivity index (χ4v) is 1.67. The second-order valence-corrected chi connectivity index (χ2v) is 3.37. The third-order valence-electron chi connectivity index (χ3n) is 1.65. The van der Waals surface area contributed by atoms with E-state index in [0.717, 1.165) is 4.88 Å². The first-order chi connectivity index (χ1) is 6.81. The Balaban J connectivity index is 2.47. The fourth-order valence-electron chi connectivity index (χ4n) is 1.00. The predicted octanol–water partition coefficient (Wildman–Crippen LogP) is 1.19. The normalized spacial score (nSPS) is 10.1. The van der Waals surface area contributed by atoms with Gasteiger partial charge in [0.15, 0.2) is 0 Å². The van der Waals surface area contributed by atoms with E-state index in [-0.39, 0.29) is 0 Å². The van der Waals surface area contributed by atoms with E-state index in [4.69, 9.17) is 10.5 Å². The number of hydrogen-bond donors (Lipinski definition) is 1. The van der Waals surface area contributed by atoms with Crippen LogP contribution in [0.5, 0.6) is 5.88 Å². The van der Waals surface area contributed by atoms with Crippen LogP contribution in [0.3, 0.4) is 0 Å². The first kappa shape index (κ1) is 8.89. The summed E-state index contributed by atoms with van der Waals surface area (Å²) in [5, 5.41) is 0. The van der Waals surface area contributed by atoms with Gasteiger partial charge in [-0.15, -0.1) is 11.3 Å². The summed E-state index contributed by atoms with van der Waals surface area (Å²) in [6, 6.07) is 0. The van der Waals surface area contributed by atoms with E-state index >= 15 is 0 Å². The van der Waals surface area contributed by atoms with Crippen LogP contribution in [0.1, 0.15) is 0 Å².